The number of carbonyl (C=O) groups excluding carboxylic acids is 1. The minimum atomic E-state index is -0.188. The fourth-order valence-corrected chi connectivity index (χ4v) is 0.833. The van der Waals surface area contributed by atoms with Crippen molar-refractivity contribution in [1.82, 2.24) is 15.1 Å². The van der Waals surface area contributed by atoms with Crippen LogP contribution in [0.1, 0.15) is 0 Å². The molecule has 0 aliphatic heterocycles. The molecule has 0 aliphatic rings. The predicted molar refractivity (Wildman–Crippen MR) is 49.3 cm³/mol. The Morgan fingerprint density at radius 3 is 3.15 bits per heavy atom. The number of likely N-dealkylation sites (N-methyl/N-ethyl adjacent to an activating group) is 1. The third kappa shape index (κ3) is 2.75. The first-order chi connectivity index (χ1) is 6.24. The lowest BCUT2D eigenvalue weighted by atomic mass is 10.5. The molecule has 0 bridgehead atoms. The van der Waals surface area contributed by atoms with E-state index in [0.717, 1.165) is 0 Å². The maximum Gasteiger partial charge on any atom is 0.321 e. The first-order valence-corrected chi connectivity index (χ1v) is 3.95. The molecule has 1 heterocycles. The second kappa shape index (κ2) is 4.46. The van der Waals surface area contributed by atoms with Gasteiger partial charge in [-0.15, -0.1) is 0 Å². The third-order valence-corrected chi connectivity index (χ3v) is 1.56. The largest absolute Gasteiger partial charge is 0.329 e. The van der Waals surface area contributed by atoms with Gasteiger partial charge in [-0.1, -0.05) is 0 Å². The summed E-state index contributed by atoms with van der Waals surface area (Å²) >= 11 is 0. The zero-order chi connectivity index (χ0) is 9.68. The summed E-state index contributed by atoms with van der Waals surface area (Å²) in [5, 5.41) is 8.94. The molecule has 0 spiro atoms. The number of aromatic nitrogens is 2. The van der Waals surface area contributed by atoms with Gasteiger partial charge in [-0.3, -0.25) is 5.10 Å². The van der Waals surface area contributed by atoms with Gasteiger partial charge in [0.15, 0.2) is 0 Å². The Morgan fingerprint density at radius 2 is 2.62 bits per heavy atom. The molecule has 1 aromatic heterocycles. The summed E-state index contributed by atoms with van der Waals surface area (Å²) < 4.78 is 0. The molecule has 0 radical (unpaired) electrons. The van der Waals surface area contributed by atoms with E-state index < -0.39 is 0 Å². The number of carbonyl (C=O) groups is 1. The second-order valence-corrected chi connectivity index (χ2v) is 2.63. The highest BCUT2D eigenvalue weighted by Crippen LogP contribution is 2.01. The van der Waals surface area contributed by atoms with Crippen molar-refractivity contribution in [2.45, 2.75) is 0 Å². The summed E-state index contributed by atoms with van der Waals surface area (Å²) in [4.78, 5) is 12.8. The topological polar surface area (TPSA) is 87.0 Å². The number of hydrogen-bond acceptors (Lipinski definition) is 3. The third-order valence-electron chi connectivity index (χ3n) is 1.56. The van der Waals surface area contributed by atoms with Crippen LogP contribution in [0.25, 0.3) is 0 Å². The molecule has 13 heavy (non-hydrogen) atoms. The minimum Gasteiger partial charge on any atom is -0.329 e. The highest BCUT2D eigenvalue weighted by atomic mass is 16.2. The predicted octanol–water partition coefficient (Wildman–Crippen LogP) is -0.168. The molecular formula is C7H13N5O. The van der Waals surface area contributed by atoms with Crippen molar-refractivity contribution >= 4 is 11.7 Å². The number of anilines is 1. The van der Waals surface area contributed by atoms with Gasteiger partial charge in [-0.05, 0) is 0 Å². The van der Waals surface area contributed by atoms with Crippen molar-refractivity contribution in [2.75, 3.05) is 25.5 Å². The van der Waals surface area contributed by atoms with Crippen LogP contribution in [-0.4, -0.2) is 41.3 Å². The van der Waals surface area contributed by atoms with Crippen molar-refractivity contribution in [2.24, 2.45) is 5.73 Å². The number of aromatic amines is 1. The van der Waals surface area contributed by atoms with Gasteiger partial charge in [0, 0.05) is 26.3 Å². The average Bonchev–Trinajstić information content (AvgIpc) is 2.57. The van der Waals surface area contributed by atoms with Gasteiger partial charge in [0.1, 0.15) is 0 Å². The van der Waals surface area contributed by atoms with E-state index >= 15 is 0 Å². The van der Waals surface area contributed by atoms with Gasteiger partial charge in [0.05, 0.1) is 11.9 Å². The van der Waals surface area contributed by atoms with Crippen LogP contribution in [0.2, 0.25) is 0 Å². The molecule has 0 saturated heterocycles. The van der Waals surface area contributed by atoms with Crippen LogP contribution < -0.4 is 11.1 Å². The zero-order valence-corrected chi connectivity index (χ0v) is 7.45. The number of H-pyrrole nitrogens is 1. The first kappa shape index (κ1) is 9.53. The standard InChI is InChI=1S/C7H13N5O/c1-12(3-2-8)7(13)11-6-4-9-10-5-6/h4-5H,2-3,8H2,1H3,(H,9,10)(H,11,13). The van der Waals surface area contributed by atoms with E-state index in [0.29, 0.717) is 18.8 Å². The lowest BCUT2D eigenvalue weighted by Gasteiger charge is -2.15. The summed E-state index contributed by atoms with van der Waals surface area (Å²) in [5.41, 5.74) is 5.95. The van der Waals surface area contributed by atoms with E-state index in [2.05, 4.69) is 15.5 Å². The number of nitrogens with two attached hydrogens (primary N) is 1. The van der Waals surface area contributed by atoms with Gasteiger partial charge < -0.3 is 16.0 Å². The number of hydrogen-bond donors (Lipinski definition) is 3. The molecule has 6 nitrogen and oxygen atoms in total. The lowest BCUT2D eigenvalue weighted by molar-refractivity contribution is 0.223. The molecule has 72 valence electrons. The molecule has 0 fully saturated rings. The molecule has 1 rings (SSSR count). The number of nitrogens with one attached hydrogen (secondary N) is 2. The molecule has 4 N–H and O–H groups in total. The first-order valence-electron chi connectivity index (χ1n) is 3.95. The van der Waals surface area contributed by atoms with E-state index in [9.17, 15) is 4.79 Å². The number of amides is 2. The van der Waals surface area contributed by atoms with Crippen molar-refractivity contribution in [3.8, 4) is 0 Å². The van der Waals surface area contributed by atoms with E-state index in [1.165, 1.54) is 11.1 Å². The van der Waals surface area contributed by atoms with Gasteiger partial charge in [-0.25, -0.2) is 4.79 Å². The molecule has 1 aromatic rings. The Hall–Kier alpha value is -1.56. The normalized spacial score (nSPS) is 9.69. The van der Waals surface area contributed by atoms with Crippen LogP contribution in [0.4, 0.5) is 10.5 Å². The molecule has 0 saturated carbocycles. The van der Waals surface area contributed by atoms with E-state index in [-0.39, 0.29) is 6.03 Å². The van der Waals surface area contributed by atoms with Crippen molar-refractivity contribution in [1.29, 1.82) is 0 Å². The van der Waals surface area contributed by atoms with Gasteiger partial charge >= 0.3 is 6.03 Å². The molecule has 0 aromatic carbocycles. The minimum absolute atomic E-state index is 0.188. The maximum absolute atomic E-state index is 11.3. The summed E-state index contributed by atoms with van der Waals surface area (Å²) in [6, 6.07) is -0.188. The lowest BCUT2D eigenvalue weighted by Crippen LogP contribution is -2.35. The Balaban J connectivity index is 2.41. The molecule has 6 heteroatoms. The quantitative estimate of drug-likeness (QED) is 0.608. The van der Waals surface area contributed by atoms with E-state index in [4.69, 9.17) is 5.73 Å². The number of rotatable bonds is 3. The van der Waals surface area contributed by atoms with Crippen molar-refractivity contribution in [3.63, 3.8) is 0 Å². The van der Waals surface area contributed by atoms with Crippen LogP contribution in [0.5, 0.6) is 0 Å². The van der Waals surface area contributed by atoms with Crippen LogP contribution in [0, 0.1) is 0 Å². The van der Waals surface area contributed by atoms with E-state index in [1.54, 1.807) is 13.2 Å². The Morgan fingerprint density at radius 1 is 1.85 bits per heavy atom. The van der Waals surface area contributed by atoms with Crippen LogP contribution in [-0.2, 0) is 0 Å². The Bertz CT molecular complexity index is 258. The van der Waals surface area contributed by atoms with Crippen LogP contribution in [0.15, 0.2) is 12.4 Å². The Kier molecular flexibility index (Phi) is 3.27. The average molecular weight is 183 g/mol. The smallest absolute Gasteiger partial charge is 0.321 e. The monoisotopic (exact) mass is 183 g/mol. The van der Waals surface area contributed by atoms with Crippen LogP contribution >= 0.6 is 0 Å². The zero-order valence-electron chi connectivity index (χ0n) is 7.45. The number of nitrogens with zero attached hydrogens (tertiary/aromatic N) is 2. The molecule has 0 aliphatic carbocycles. The molecule has 2 amide bonds. The maximum atomic E-state index is 11.3. The fourth-order valence-electron chi connectivity index (χ4n) is 0.833. The summed E-state index contributed by atoms with van der Waals surface area (Å²) in [6.45, 7) is 0.985. The summed E-state index contributed by atoms with van der Waals surface area (Å²) in [6.07, 6.45) is 3.14. The highest BCUT2D eigenvalue weighted by molar-refractivity contribution is 5.88. The Labute approximate surface area is 76.1 Å². The second-order valence-electron chi connectivity index (χ2n) is 2.63. The SMILES string of the molecule is CN(CCN)C(=O)Nc1cn[nH]c1. The molecule has 0 unspecified atom stereocenters. The van der Waals surface area contributed by atoms with E-state index in [1.807, 2.05) is 0 Å². The van der Waals surface area contributed by atoms with Gasteiger partial charge in [0.2, 0.25) is 0 Å². The van der Waals surface area contributed by atoms with Crippen molar-refractivity contribution < 1.29 is 4.79 Å². The molecular weight excluding hydrogens is 170 g/mol. The number of urea groups is 1. The van der Waals surface area contributed by atoms with Gasteiger partial charge in [-0.2, -0.15) is 5.10 Å². The summed E-state index contributed by atoms with van der Waals surface area (Å²) in [5.74, 6) is 0. The van der Waals surface area contributed by atoms with Crippen LogP contribution in [0.3, 0.4) is 0 Å². The molecule has 0 atom stereocenters. The fraction of sp³-hybridized carbons (Fsp3) is 0.429. The van der Waals surface area contributed by atoms with Crippen molar-refractivity contribution in [3.05, 3.63) is 12.4 Å². The highest BCUT2D eigenvalue weighted by Gasteiger charge is 2.07. The van der Waals surface area contributed by atoms with Gasteiger partial charge in [0.25, 0.3) is 0 Å². The summed E-state index contributed by atoms with van der Waals surface area (Å²) in [7, 11) is 1.68.